The van der Waals surface area contributed by atoms with Crippen molar-refractivity contribution in [2.45, 2.75) is 31.3 Å². The highest BCUT2D eigenvalue weighted by Gasteiger charge is 2.15. The van der Waals surface area contributed by atoms with E-state index in [4.69, 9.17) is 4.74 Å². The summed E-state index contributed by atoms with van der Waals surface area (Å²) in [5.41, 5.74) is 2.98. The normalized spacial score (nSPS) is 13.1. The first-order valence-electron chi connectivity index (χ1n) is 7.34. The number of methoxy groups -OCH3 is 1. The zero-order valence-corrected chi connectivity index (χ0v) is 14.9. The van der Waals surface area contributed by atoms with Gasteiger partial charge in [-0.2, -0.15) is 5.10 Å². The molecule has 1 atom stereocenters. The number of aromatic nitrogens is 2. The summed E-state index contributed by atoms with van der Waals surface area (Å²) in [5.74, 6) is 0.745. The van der Waals surface area contributed by atoms with Gasteiger partial charge in [-0.3, -0.25) is 0 Å². The Morgan fingerprint density at radius 1 is 1.30 bits per heavy atom. The van der Waals surface area contributed by atoms with Crippen LogP contribution in [0.5, 0.6) is 5.88 Å². The van der Waals surface area contributed by atoms with Crippen LogP contribution in [0, 0.1) is 6.92 Å². The van der Waals surface area contributed by atoms with E-state index in [-0.39, 0.29) is 6.04 Å². The molecule has 1 N–H and O–H groups in total. The maximum atomic E-state index is 11.5. The van der Waals surface area contributed by atoms with Gasteiger partial charge in [-0.05, 0) is 31.5 Å². The number of rotatable bonds is 6. The molecule has 0 aliphatic rings. The first-order valence-corrected chi connectivity index (χ1v) is 9.23. The zero-order valence-electron chi connectivity index (χ0n) is 14.1. The monoisotopic (exact) mass is 337 g/mol. The van der Waals surface area contributed by atoms with Gasteiger partial charge >= 0.3 is 0 Å². The average Bonchev–Trinajstić information content (AvgIpc) is 2.77. The summed E-state index contributed by atoms with van der Waals surface area (Å²) in [6, 6.07) is 7.02. The summed E-state index contributed by atoms with van der Waals surface area (Å²) in [5, 5.41) is 7.78. The first-order chi connectivity index (χ1) is 10.7. The van der Waals surface area contributed by atoms with Gasteiger partial charge in [-0.25, -0.2) is 13.1 Å². The van der Waals surface area contributed by atoms with Crippen molar-refractivity contribution in [3.05, 3.63) is 41.1 Å². The van der Waals surface area contributed by atoms with Gasteiger partial charge in [0.25, 0.3) is 0 Å². The van der Waals surface area contributed by atoms with Gasteiger partial charge in [0, 0.05) is 25.9 Å². The van der Waals surface area contributed by atoms with E-state index >= 15 is 0 Å². The highest BCUT2D eigenvalue weighted by Crippen LogP contribution is 2.22. The molecule has 0 spiro atoms. The Morgan fingerprint density at radius 3 is 2.43 bits per heavy atom. The predicted octanol–water partition coefficient (Wildman–Crippen LogP) is 1.99. The van der Waals surface area contributed by atoms with E-state index in [0.29, 0.717) is 11.4 Å². The standard InChI is InChI=1S/C16H23N3O3S/c1-11(13-6-8-14(9-7-13)23(5,20)21)17-10-15-12(2)18-19(3)16(15)22-4/h6-9,11,17H,10H2,1-5H3/t11-/m1/s1. The maximum absolute atomic E-state index is 11.5. The van der Waals surface area contributed by atoms with Crippen molar-refractivity contribution in [1.82, 2.24) is 15.1 Å². The van der Waals surface area contributed by atoms with E-state index in [1.54, 1.807) is 23.9 Å². The molecular formula is C16H23N3O3S. The van der Waals surface area contributed by atoms with Crippen molar-refractivity contribution in [1.29, 1.82) is 0 Å². The van der Waals surface area contributed by atoms with E-state index in [1.807, 2.05) is 33.0 Å². The average molecular weight is 337 g/mol. The summed E-state index contributed by atoms with van der Waals surface area (Å²) >= 11 is 0. The lowest BCUT2D eigenvalue weighted by atomic mass is 10.1. The lowest BCUT2D eigenvalue weighted by Crippen LogP contribution is -2.19. The van der Waals surface area contributed by atoms with Gasteiger partial charge in [0.1, 0.15) is 0 Å². The second kappa shape index (κ2) is 6.72. The van der Waals surface area contributed by atoms with Gasteiger partial charge in [-0.1, -0.05) is 12.1 Å². The lowest BCUT2D eigenvalue weighted by Gasteiger charge is -2.15. The third kappa shape index (κ3) is 3.92. The molecule has 0 saturated carbocycles. The molecule has 2 rings (SSSR count). The van der Waals surface area contributed by atoms with Gasteiger partial charge in [0.2, 0.25) is 5.88 Å². The lowest BCUT2D eigenvalue weighted by molar-refractivity contribution is 0.367. The first kappa shape index (κ1) is 17.5. The molecule has 1 aromatic carbocycles. The molecule has 1 heterocycles. The minimum absolute atomic E-state index is 0.0768. The van der Waals surface area contributed by atoms with Crippen LogP contribution in [0.1, 0.15) is 29.8 Å². The van der Waals surface area contributed by atoms with E-state index in [9.17, 15) is 8.42 Å². The van der Waals surface area contributed by atoms with Crippen LogP contribution in [0.2, 0.25) is 0 Å². The van der Waals surface area contributed by atoms with E-state index in [0.717, 1.165) is 22.7 Å². The Kier molecular flexibility index (Phi) is 5.11. The van der Waals surface area contributed by atoms with Crippen molar-refractivity contribution in [3.63, 3.8) is 0 Å². The second-order valence-electron chi connectivity index (χ2n) is 5.64. The quantitative estimate of drug-likeness (QED) is 0.873. The molecule has 0 saturated heterocycles. The van der Waals surface area contributed by atoms with E-state index in [1.165, 1.54) is 6.26 Å². The van der Waals surface area contributed by atoms with Gasteiger partial charge < -0.3 is 10.1 Å². The van der Waals surface area contributed by atoms with Crippen molar-refractivity contribution in [2.75, 3.05) is 13.4 Å². The SMILES string of the molecule is COc1c(CN[C@H](C)c2ccc(S(C)(=O)=O)cc2)c(C)nn1C. The fourth-order valence-electron chi connectivity index (χ4n) is 2.52. The number of hydrogen-bond acceptors (Lipinski definition) is 5. The Balaban J connectivity index is 2.10. The molecule has 2 aromatic rings. The summed E-state index contributed by atoms with van der Waals surface area (Å²) in [6.45, 7) is 4.61. The Hall–Kier alpha value is -1.86. The molecule has 0 aliphatic carbocycles. The van der Waals surface area contributed by atoms with Crippen molar-refractivity contribution in [3.8, 4) is 5.88 Å². The molecule has 0 bridgehead atoms. The Morgan fingerprint density at radius 2 is 1.91 bits per heavy atom. The number of ether oxygens (including phenoxy) is 1. The van der Waals surface area contributed by atoms with Crippen molar-refractivity contribution >= 4 is 9.84 Å². The smallest absolute Gasteiger partial charge is 0.216 e. The van der Waals surface area contributed by atoms with Crippen molar-refractivity contribution < 1.29 is 13.2 Å². The Labute approximate surface area is 137 Å². The van der Waals surface area contributed by atoms with Crippen LogP contribution >= 0.6 is 0 Å². The number of nitrogens with one attached hydrogen (secondary N) is 1. The molecule has 0 fully saturated rings. The van der Waals surface area contributed by atoms with Crippen LogP contribution in [0.25, 0.3) is 0 Å². The van der Waals surface area contributed by atoms with Gasteiger partial charge in [0.15, 0.2) is 9.84 Å². The third-order valence-electron chi connectivity index (χ3n) is 3.88. The highest BCUT2D eigenvalue weighted by molar-refractivity contribution is 7.90. The maximum Gasteiger partial charge on any atom is 0.216 e. The second-order valence-corrected chi connectivity index (χ2v) is 7.66. The largest absolute Gasteiger partial charge is 0.481 e. The summed E-state index contributed by atoms with van der Waals surface area (Å²) in [7, 11) is 0.322. The van der Waals surface area contributed by atoms with Gasteiger partial charge in [-0.15, -0.1) is 0 Å². The topological polar surface area (TPSA) is 73.2 Å². The fraction of sp³-hybridized carbons (Fsp3) is 0.438. The number of sulfone groups is 1. The molecule has 6 nitrogen and oxygen atoms in total. The highest BCUT2D eigenvalue weighted by atomic mass is 32.2. The number of nitrogens with zero attached hydrogens (tertiary/aromatic N) is 2. The Bertz CT molecular complexity index is 780. The number of hydrogen-bond donors (Lipinski definition) is 1. The van der Waals surface area contributed by atoms with Crippen LogP contribution in [-0.4, -0.2) is 31.6 Å². The molecule has 126 valence electrons. The van der Waals surface area contributed by atoms with Crippen LogP contribution in [0.3, 0.4) is 0 Å². The molecular weight excluding hydrogens is 314 g/mol. The zero-order chi connectivity index (χ0) is 17.2. The summed E-state index contributed by atoms with van der Waals surface area (Å²) in [6.07, 6.45) is 1.21. The van der Waals surface area contributed by atoms with E-state index < -0.39 is 9.84 Å². The van der Waals surface area contributed by atoms with E-state index in [2.05, 4.69) is 10.4 Å². The summed E-state index contributed by atoms with van der Waals surface area (Å²) in [4.78, 5) is 0.332. The molecule has 0 aliphatic heterocycles. The molecule has 1 aromatic heterocycles. The molecule has 0 radical (unpaired) electrons. The molecule has 0 amide bonds. The predicted molar refractivity (Wildman–Crippen MR) is 89.3 cm³/mol. The summed E-state index contributed by atoms with van der Waals surface area (Å²) < 4.78 is 30.1. The minimum atomic E-state index is -3.16. The van der Waals surface area contributed by atoms with Crippen LogP contribution in [-0.2, 0) is 23.4 Å². The minimum Gasteiger partial charge on any atom is -0.481 e. The fourth-order valence-corrected chi connectivity index (χ4v) is 3.15. The molecule has 23 heavy (non-hydrogen) atoms. The van der Waals surface area contributed by atoms with Crippen LogP contribution in [0.15, 0.2) is 29.2 Å². The van der Waals surface area contributed by atoms with Crippen molar-refractivity contribution in [2.24, 2.45) is 7.05 Å². The van der Waals surface area contributed by atoms with Gasteiger partial charge in [0.05, 0.1) is 23.3 Å². The van der Waals surface area contributed by atoms with Crippen LogP contribution in [0.4, 0.5) is 0 Å². The number of aryl methyl sites for hydroxylation is 2. The molecule has 7 heteroatoms. The molecule has 0 unspecified atom stereocenters. The number of benzene rings is 1. The van der Waals surface area contributed by atoms with Crippen LogP contribution < -0.4 is 10.1 Å². The third-order valence-corrected chi connectivity index (χ3v) is 5.00.